The van der Waals surface area contributed by atoms with Crippen LogP contribution in [0, 0.1) is 0 Å². The SMILES string of the molecule is CCC(c1ccccc1)N1Cc2cc3c(cc2CC1C(=O)O)OCC(c1ccc(OCc2ccc(Cl)c(Cl)c2)cc1)O3. The quantitative estimate of drug-likeness (QED) is 0.220. The average Bonchev–Trinajstić information content (AvgIpc) is 3.01. The van der Waals surface area contributed by atoms with Gasteiger partial charge in [0.1, 0.15) is 25.0 Å². The first kappa shape index (κ1) is 28.4. The fraction of sp³-hybridized carbons (Fsp3) is 0.265. The smallest absolute Gasteiger partial charge is 0.321 e. The van der Waals surface area contributed by atoms with Gasteiger partial charge in [-0.05, 0) is 77.1 Å². The van der Waals surface area contributed by atoms with Gasteiger partial charge in [0.15, 0.2) is 17.6 Å². The van der Waals surface area contributed by atoms with Crippen molar-refractivity contribution in [2.24, 2.45) is 0 Å². The van der Waals surface area contributed by atoms with Crippen LogP contribution in [-0.2, 0) is 24.4 Å². The van der Waals surface area contributed by atoms with E-state index in [1.54, 1.807) is 12.1 Å². The van der Waals surface area contributed by atoms with Crippen molar-refractivity contribution in [1.29, 1.82) is 0 Å². The predicted molar refractivity (Wildman–Crippen MR) is 163 cm³/mol. The Balaban J connectivity index is 1.17. The number of carboxylic acid groups (broad SMARTS) is 1. The van der Waals surface area contributed by atoms with E-state index >= 15 is 0 Å². The van der Waals surface area contributed by atoms with Crippen molar-refractivity contribution in [3.63, 3.8) is 0 Å². The molecule has 0 aliphatic carbocycles. The Labute approximate surface area is 255 Å². The van der Waals surface area contributed by atoms with Crippen molar-refractivity contribution in [3.8, 4) is 17.2 Å². The lowest BCUT2D eigenvalue weighted by Crippen LogP contribution is -2.47. The lowest BCUT2D eigenvalue weighted by Gasteiger charge is -2.40. The Morgan fingerprint density at radius 3 is 2.45 bits per heavy atom. The molecule has 3 unspecified atom stereocenters. The molecule has 6 rings (SSSR count). The van der Waals surface area contributed by atoms with Crippen LogP contribution in [0.5, 0.6) is 17.2 Å². The van der Waals surface area contributed by atoms with E-state index < -0.39 is 12.0 Å². The van der Waals surface area contributed by atoms with Crippen molar-refractivity contribution < 1.29 is 24.1 Å². The zero-order valence-electron chi connectivity index (χ0n) is 23.1. The van der Waals surface area contributed by atoms with Crippen molar-refractivity contribution in [1.82, 2.24) is 4.90 Å². The normalized spacial score (nSPS) is 18.6. The molecule has 0 amide bonds. The molecule has 4 aromatic carbocycles. The van der Waals surface area contributed by atoms with Crippen LogP contribution in [0.3, 0.4) is 0 Å². The summed E-state index contributed by atoms with van der Waals surface area (Å²) in [4.78, 5) is 14.5. The van der Waals surface area contributed by atoms with E-state index in [4.69, 9.17) is 37.4 Å². The van der Waals surface area contributed by atoms with Crippen molar-refractivity contribution >= 4 is 29.2 Å². The maximum Gasteiger partial charge on any atom is 0.321 e. The molecule has 6 nitrogen and oxygen atoms in total. The fourth-order valence-corrected chi connectivity index (χ4v) is 6.12. The van der Waals surface area contributed by atoms with Crippen LogP contribution in [0.1, 0.15) is 53.3 Å². The third kappa shape index (κ3) is 5.93. The molecule has 3 atom stereocenters. The van der Waals surface area contributed by atoms with Gasteiger partial charge >= 0.3 is 5.97 Å². The minimum Gasteiger partial charge on any atom is -0.489 e. The Morgan fingerprint density at radius 1 is 0.976 bits per heavy atom. The molecule has 0 aromatic heterocycles. The Hall–Kier alpha value is -3.71. The molecule has 0 fully saturated rings. The number of aliphatic carboxylic acids is 1. The second kappa shape index (κ2) is 12.3. The topological polar surface area (TPSA) is 68.2 Å². The monoisotopic (exact) mass is 603 g/mol. The highest BCUT2D eigenvalue weighted by Gasteiger charge is 2.37. The first-order valence-electron chi connectivity index (χ1n) is 14.0. The van der Waals surface area contributed by atoms with Crippen LogP contribution >= 0.6 is 23.2 Å². The van der Waals surface area contributed by atoms with Gasteiger partial charge in [0.25, 0.3) is 0 Å². The molecule has 0 saturated carbocycles. The van der Waals surface area contributed by atoms with E-state index in [1.165, 1.54) is 0 Å². The lowest BCUT2D eigenvalue weighted by atomic mass is 9.89. The van der Waals surface area contributed by atoms with E-state index in [1.807, 2.05) is 60.7 Å². The average molecular weight is 605 g/mol. The van der Waals surface area contributed by atoms with Gasteiger partial charge in [-0.15, -0.1) is 0 Å². The van der Waals surface area contributed by atoms with Gasteiger partial charge in [0.2, 0.25) is 0 Å². The number of hydrogen-bond donors (Lipinski definition) is 1. The number of hydrogen-bond acceptors (Lipinski definition) is 5. The molecule has 1 N–H and O–H groups in total. The van der Waals surface area contributed by atoms with Gasteiger partial charge < -0.3 is 19.3 Å². The largest absolute Gasteiger partial charge is 0.489 e. The molecular weight excluding hydrogens is 573 g/mol. The zero-order valence-corrected chi connectivity index (χ0v) is 24.6. The van der Waals surface area contributed by atoms with E-state index in [9.17, 15) is 9.90 Å². The minimum absolute atomic E-state index is 0.00110. The molecule has 2 heterocycles. The number of fused-ring (bicyclic) bond motifs is 2. The molecule has 8 heteroatoms. The second-order valence-electron chi connectivity index (χ2n) is 10.7. The van der Waals surface area contributed by atoms with Crippen LogP contribution in [0.25, 0.3) is 0 Å². The van der Waals surface area contributed by atoms with E-state index in [0.717, 1.165) is 40.0 Å². The highest BCUT2D eigenvalue weighted by molar-refractivity contribution is 6.42. The molecule has 0 spiro atoms. The van der Waals surface area contributed by atoms with Gasteiger partial charge in [-0.2, -0.15) is 0 Å². The van der Waals surface area contributed by atoms with Crippen molar-refractivity contribution in [2.45, 2.75) is 51.1 Å². The molecule has 4 aromatic rings. The van der Waals surface area contributed by atoms with Crippen LogP contribution in [0.2, 0.25) is 10.0 Å². The summed E-state index contributed by atoms with van der Waals surface area (Å²) in [7, 11) is 0. The Bertz CT molecular complexity index is 1580. The summed E-state index contributed by atoms with van der Waals surface area (Å²) < 4.78 is 18.5. The third-order valence-corrected chi connectivity index (χ3v) is 8.73. The molecule has 2 aliphatic rings. The summed E-state index contributed by atoms with van der Waals surface area (Å²) in [5.74, 6) is 1.24. The number of halogens is 2. The molecule has 0 bridgehead atoms. The molecule has 42 heavy (non-hydrogen) atoms. The molecular formula is C34H31Cl2NO5. The first-order valence-corrected chi connectivity index (χ1v) is 14.8. The summed E-state index contributed by atoms with van der Waals surface area (Å²) in [5.41, 5.74) is 5.08. The predicted octanol–water partition coefficient (Wildman–Crippen LogP) is 8.05. The van der Waals surface area contributed by atoms with Gasteiger partial charge in [-0.3, -0.25) is 9.69 Å². The van der Waals surface area contributed by atoms with E-state index in [0.29, 0.717) is 47.7 Å². The van der Waals surface area contributed by atoms with Crippen LogP contribution in [0.4, 0.5) is 0 Å². The maximum atomic E-state index is 12.4. The highest BCUT2D eigenvalue weighted by Crippen LogP contribution is 2.42. The van der Waals surface area contributed by atoms with Gasteiger partial charge in [0, 0.05) is 12.6 Å². The summed E-state index contributed by atoms with van der Waals surface area (Å²) in [6.45, 7) is 3.35. The van der Waals surface area contributed by atoms with Crippen LogP contribution in [-0.4, -0.2) is 28.6 Å². The summed E-state index contributed by atoms with van der Waals surface area (Å²) in [6, 6.07) is 26.7. The lowest BCUT2D eigenvalue weighted by molar-refractivity contribution is -0.145. The number of benzene rings is 4. The van der Waals surface area contributed by atoms with Gasteiger partial charge in [0.05, 0.1) is 10.0 Å². The number of rotatable bonds is 8. The number of carbonyl (C=O) groups is 1. The number of ether oxygens (including phenoxy) is 3. The Morgan fingerprint density at radius 2 is 1.74 bits per heavy atom. The maximum absolute atomic E-state index is 12.4. The minimum atomic E-state index is -0.811. The third-order valence-electron chi connectivity index (χ3n) is 7.99. The van der Waals surface area contributed by atoms with E-state index in [-0.39, 0.29) is 12.1 Å². The summed E-state index contributed by atoms with van der Waals surface area (Å²) in [5, 5.41) is 11.2. The molecule has 216 valence electrons. The first-order chi connectivity index (χ1) is 20.4. The van der Waals surface area contributed by atoms with E-state index in [2.05, 4.69) is 24.0 Å². The number of carboxylic acids is 1. The Kier molecular flexibility index (Phi) is 8.29. The molecule has 0 radical (unpaired) electrons. The zero-order chi connectivity index (χ0) is 29.2. The molecule has 0 saturated heterocycles. The number of nitrogens with zero attached hydrogens (tertiary/aromatic N) is 1. The van der Waals surface area contributed by atoms with Crippen LogP contribution in [0.15, 0.2) is 84.9 Å². The molecule has 2 aliphatic heterocycles. The standard InChI is InChI=1S/C34H31Cl2NO5/c1-2-29(22-6-4-3-5-7-22)37-18-25-17-32-31(16-24(25)15-30(37)34(38)39)41-20-33(42-32)23-9-11-26(12-10-23)40-19-21-8-13-27(35)28(36)14-21/h3-14,16-17,29-30,33H,2,15,18-20H2,1H3,(H,38,39). The fourth-order valence-electron chi connectivity index (χ4n) is 5.80. The van der Waals surface area contributed by atoms with Gasteiger partial charge in [-0.25, -0.2) is 0 Å². The van der Waals surface area contributed by atoms with Gasteiger partial charge in [-0.1, -0.05) is 78.7 Å². The summed E-state index contributed by atoms with van der Waals surface area (Å²) in [6.07, 6.45) is 0.944. The highest BCUT2D eigenvalue weighted by atomic mass is 35.5. The van der Waals surface area contributed by atoms with Crippen molar-refractivity contribution in [3.05, 3.63) is 123 Å². The summed E-state index contributed by atoms with van der Waals surface area (Å²) >= 11 is 12.1. The van der Waals surface area contributed by atoms with Crippen LogP contribution < -0.4 is 14.2 Å². The van der Waals surface area contributed by atoms with Crippen molar-refractivity contribution in [2.75, 3.05) is 6.61 Å². The second-order valence-corrected chi connectivity index (χ2v) is 11.5.